The Morgan fingerprint density at radius 3 is 2.62 bits per heavy atom. The van der Waals surface area contributed by atoms with Crippen LogP contribution in [0.4, 0.5) is 0 Å². The van der Waals surface area contributed by atoms with E-state index in [4.69, 9.17) is 10.5 Å². The van der Waals surface area contributed by atoms with E-state index in [-0.39, 0.29) is 11.8 Å². The van der Waals surface area contributed by atoms with Crippen molar-refractivity contribution in [1.29, 1.82) is 0 Å². The molecule has 1 fully saturated rings. The van der Waals surface area contributed by atoms with Gasteiger partial charge in [0.25, 0.3) is 0 Å². The predicted molar refractivity (Wildman–Crippen MR) is 102 cm³/mol. The average molecular weight is 350 g/mol. The predicted octanol–water partition coefficient (Wildman–Crippen LogP) is 3.69. The summed E-state index contributed by atoms with van der Waals surface area (Å²) in [4.78, 5) is 14.8. The zero-order chi connectivity index (χ0) is 18.1. The third-order valence-corrected chi connectivity index (χ3v) is 5.24. The first-order valence-corrected chi connectivity index (χ1v) is 9.44. The molecule has 0 spiro atoms. The summed E-state index contributed by atoms with van der Waals surface area (Å²) in [5.74, 6) is 1.71. The second-order valence-corrected chi connectivity index (χ2v) is 7.67. The van der Waals surface area contributed by atoms with Gasteiger partial charge in [-0.15, -0.1) is 0 Å². The summed E-state index contributed by atoms with van der Waals surface area (Å²) in [5, 5.41) is 0. The minimum Gasteiger partial charge on any atom is -0.493 e. The molecule has 4 rings (SSSR count). The Morgan fingerprint density at radius 1 is 1.15 bits per heavy atom. The third kappa shape index (κ3) is 3.97. The lowest BCUT2D eigenvalue weighted by atomic mass is 9.97. The van der Waals surface area contributed by atoms with E-state index in [1.54, 1.807) is 0 Å². The van der Waals surface area contributed by atoms with Crippen molar-refractivity contribution in [3.05, 3.63) is 64.7 Å². The van der Waals surface area contributed by atoms with Crippen LogP contribution in [0.15, 0.2) is 42.5 Å². The highest BCUT2D eigenvalue weighted by molar-refractivity contribution is 6.00. The summed E-state index contributed by atoms with van der Waals surface area (Å²) in [6.07, 6.45) is 2.54. The molecule has 1 saturated carbocycles. The minimum atomic E-state index is 0.0452. The summed E-state index contributed by atoms with van der Waals surface area (Å²) in [6, 6.07) is 14.4. The molecule has 1 aliphatic heterocycles. The molecule has 136 valence electrons. The van der Waals surface area contributed by atoms with Crippen LogP contribution in [0.3, 0.4) is 0 Å². The molecule has 0 amide bonds. The quantitative estimate of drug-likeness (QED) is 0.863. The van der Waals surface area contributed by atoms with Crippen molar-refractivity contribution >= 4 is 5.78 Å². The van der Waals surface area contributed by atoms with Crippen LogP contribution in [-0.2, 0) is 13.1 Å². The summed E-state index contributed by atoms with van der Waals surface area (Å²) in [7, 11) is 0. The fourth-order valence-electron chi connectivity index (χ4n) is 3.42. The Labute approximate surface area is 155 Å². The standard InChI is InChI=1S/C22H26N2O2/c1-15(23)18-6-4-16(5-7-18)11-24-12-19-8-9-20(26-14-17-2-3-17)10-21(19)22(25)13-24/h4-10,15,17H,2-3,11-14,23H2,1H3/t15-/m0/s1. The van der Waals surface area contributed by atoms with Crippen LogP contribution in [-0.4, -0.2) is 23.8 Å². The molecule has 0 aromatic heterocycles. The molecule has 0 saturated heterocycles. The first-order chi connectivity index (χ1) is 12.6. The highest BCUT2D eigenvalue weighted by Gasteiger charge is 2.25. The van der Waals surface area contributed by atoms with E-state index in [1.807, 2.05) is 25.1 Å². The van der Waals surface area contributed by atoms with Crippen LogP contribution in [0, 0.1) is 5.92 Å². The smallest absolute Gasteiger partial charge is 0.177 e. The summed E-state index contributed by atoms with van der Waals surface area (Å²) in [5.41, 5.74) is 10.2. The molecule has 0 radical (unpaired) electrons. The van der Waals surface area contributed by atoms with Gasteiger partial charge in [-0.25, -0.2) is 0 Å². The maximum Gasteiger partial charge on any atom is 0.177 e. The van der Waals surface area contributed by atoms with Gasteiger partial charge in [0.15, 0.2) is 5.78 Å². The van der Waals surface area contributed by atoms with Crippen LogP contribution in [0.2, 0.25) is 0 Å². The van der Waals surface area contributed by atoms with Crippen molar-refractivity contribution in [2.75, 3.05) is 13.2 Å². The van der Waals surface area contributed by atoms with Gasteiger partial charge in [0.05, 0.1) is 13.2 Å². The molecule has 1 aliphatic carbocycles. The lowest BCUT2D eigenvalue weighted by molar-refractivity contribution is 0.0894. The largest absolute Gasteiger partial charge is 0.493 e. The van der Waals surface area contributed by atoms with E-state index in [0.717, 1.165) is 42.1 Å². The number of ketones is 1. The number of hydrogen-bond donors (Lipinski definition) is 1. The highest BCUT2D eigenvalue weighted by atomic mass is 16.5. The van der Waals surface area contributed by atoms with Crippen LogP contribution < -0.4 is 10.5 Å². The van der Waals surface area contributed by atoms with Gasteiger partial charge in [-0.3, -0.25) is 9.69 Å². The summed E-state index contributed by atoms with van der Waals surface area (Å²) in [6.45, 7) is 4.77. The first-order valence-electron chi connectivity index (χ1n) is 9.44. The van der Waals surface area contributed by atoms with E-state index in [1.165, 1.54) is 18.4 Å². The number of hydrogen-bond acceptors (Lipinski definition) is 4. The van der Waals surface area contributed by atoms with Crippen molar-refractivity contribution in [3.63, 3.8) is 0 Å². The molecular formula is C22H26N2O2. The van der Waals surface area contributed by atoms with Gasteiger partial charge in [-0.05, 0) is 54.5 Å². The van der Waals surface area contributed by atoms with Gasteiger partial charge in [-0.2, -0.15) is 0 Å². The molecule has 2 aliphatic rings. The SMILES string of the molecule is C[C@H](N)c1ccc(CN2CC(=O)c3cc(OCC4CC4)ccc3C2)cc1. The number of carbonyl (C=O) groups excluding carboxylic acids is 1. The van der Waals surface area contributed by atoms with Gasteiger partial charge >= 0.3 is 0 Å². The topological polar surface area (TPSA) is 55.6 Å². The second-order valence-electron chi connectivity index (χ2n) is 7.67. The van der Waals surface area contributed by atoms with Crippen molar-refractivity contribution in [3.8, 4) is 5.75 Å². The lowest BCUT2D eigenvalue weighted by Crippen LogP contribution is -2.34. The average Bonchev–Trinajstić information content (AvgIpc) is 3.45. The van der Waals surface area contributed by atoms with Crippen molar-refractivity contribution in [2.24, 2.45) is 11.7 Å². The van der Waals surface area contributed by atoms with Crippen LogP contribution in [0.25, 0.3) is 0 Å². The molecule has 0 unspecified atom stereocenters. The van der Waals surface area contributed by atoms with E-state index in [9.17, 15) is 4.79 Å². The Balaban J connectivity index is 1.42. The van der Waals surface area contributed by atoms with E-state index >= 15 is 0 Å². The Morgan fingerprint density at radius 2 is 1.92 bits per heavy atom. The lowest BCUT2D eigenvalue weighted by Gasteiger charge is -2.28. The zero-order valence-corrected chi connectivity index (χ0v) is 15.3. The van der Waals surface area contributed by atoms with Gasteiger partial charge in [0.2, 0.25) is 0 Å². The number of ether oxygens (including phenoxy) is 1. The second kappa shape index (κ2) is 7.22. The summed E-state index contributed by atoms with van der Waals surface area (Å²) < 4.78 is 5.82. The van der Waals surface area contributed by atoms with Crippen LogP contribution in [0.5, 0.6) is 5.75 Å². The molecule has 2 aromatic carbocycles. The maximum absolute atomic E-state index is 12.6. The van der Waals surface area contributed by atoms with Crippen LogP contribution in [0.1, 0.15) is 52.9 Å². The Bertz CT molecular complexity index is 794. The number of fused-ring (bicyclic) bond motifs is 1. The Kier molecular flexibility index (Phi) is 4.79. The number of Topliss-reactive ketones (excluding diaryl/α,β-unsaturated/α-hetero) is 1. The van der Waals surface area contributed by atoms with E-state index in [0.29, 0.717) is 12.5 Å². The number of rotatable bonds is 6. The van der Waals surface area contributed by atoms with Crippen molar-refractivity contribution in [2.45, 2.75) is 38.9 Å². The molecule has 4 heteroatoms. The van der Waals surface area contributed by atoms with Crippen LogP contribution >= 0.6 is 0 Å². The molecule has 2 aromatic rings. The van der Waals surface area contributed by atoms with E-state index < -0.39 is 0 Å². The summed E-state index contributed by atoms with van der Waals surface area (Å²) >= 11 is 0. The molecule has 0 bridgehead atoms. The third-order valence-electron chi connectivity index (χ3n) is 5.24. The molecule has 26 heavy (non-hydrogen) atoms. The Hall–Kier alpha value is -2.17. The van der Waals surface area contributed by atoms with E-state index in [2.05, 4.69) is 29.2 Å². The normalized spacial score (nSPS) is 18.5. The van der Waals surface area contributed by atoms with Gasteiger partial charge in [-0.1, -0.05) is 30.3 Å². The highest BCUT2D eigenvalue weighted by Crippen LogP contribution is 2.31. The first kappa shape index (κ1) is 17.3. The number of benzene rings is 2. The number of nitrogens with two attached hydrogens (primary N) is 1. The van der Waals surface area contributed by atoms with Gasteiger partial charge in [0.1, 0.15) is 5.75 Å². The molecule has 2 N–H and O–H groups in total. The number of nitrogens with zero attached hydrogens (tertiary/aromatic N) is 1. The molecular weight excluding hydrogens is 324 g/mol. The molecule has 4 nitrogen and oxygen atoms in total. The van der Waals surface area contributed by atoms with Crippen molar-refractivity contribution < 1.29 is 9.53 Å². The van der Waals surface area contributed by atoms with Gasteiger partial charge in [0, 0.05) is 24.7 Å². The van der Waals surface area contributed by atoms with Gasteiger partial charge < -0.3 is 10.5 Å². The minimum absolute atomic E-state index is 0.0452. The monoisotopic (exact) mass is 350 g/mol. The fourth-order valence-corrected chi connectivity index (χ4v) is 3.42. The maximum atomic E-state index is 12.6. The fraction of sp³-hybridized carbons (Fsp3) is 0.409. The zero-order valence-electron chi connectivity index (χ0n) is 15.3. The molecule has 1 heterocycles. The van der Waals surface area contributed by atoms with Crippen molar-refractivity contribution in [1.82, 2.24) is 4.90 Å². The number of carbonyl (C=O) groups is 1. The molecule has 1 atom stereocenters.